The van der Waals surface area contributed by atoms with Crippen LogP contribution >= 0.6 is 0 Å². The number of ether oxygens (including phenoxy) is 2. The molecule has 23 heavy (non-hydrogen) atoms. The van der Waals surface area contributed by atoms with E-state index in [9.17, 15) is 22.6 Å². The van der Waals surface area contributed by atoms with Gasteiger partial charge in [-0.1, -0.05) is 39.2 Å². The van der Waals surface area contributed by atoms with Crippen LogP contribution in [0.15, 0.2) is 12.3 Å². The average molecular weight is 350 g/mol. The second kappa shape index (κ2) is 10.4. The molecule has 1 unspecified atom stereocenters. The number of hydrogen-bond acceptors (Lipinski definition) is 6. The number of carbonyl (C=O) groups is 2. The zero-order chi connectivity index (χ0) is 17.9. The van der Waals surface area contributed by atoms with Crippen molar-refractivity contribution in [3.63, 3.8) is 0 Å². The molecular formula is C15H26O7S. The Balaban J connectivity index is 4.96. The molecule has 0 aliphatic carbocycles. The number of carbonyl (C=O) groups excluding carboxylic acids is 2. The number of allylic oxidation sites excluding steroid dienone is 1. The fourth-order valence-corrected chi connectivity index (χ4v) is 2.88. The molecule has 8 heteroatoms. The largest absolute Gasteiger partial charge is 0.466 e. The quantitative estimate of drug-likeness (QED) is 0.264. The molecule has 7 nitrogen and oxygen atoms in total. The number of rotatable bonds is 11. The molecule has 0 heterocycles. The fourth-order valence-electron chi connectivity index (χ4n) is 1.96. The van der Waals surface area contributed by atoms with Crippen LogP contribution in [0.5, 0.6) is 0 Å². The zero-order valence-corrected chi connectivity index (χ0v) is 14.7. The SMILES string of the molecule is CC=COC(=O)C(CC)(CC(=O)OCCCCCC)S(=O)(=O)O. The van der Waals surface area contributed by atoms with Gasteiger partial charge >= 0.3 is 11.9 Å². The Morgan fingerprint density at radius 2 is 1.83 bits per heavy atom. The van der Waals surface area contributed by atoms with Crippen LogP contribution in [-0.4, -0.2) is 36.3 Å². The second-order valence-electron chi connectivity index (χ2n) is 5.16. The fraction of sp³-hybridized carbons (Fsp3) is 0.733. The molecule has 0 rings (SSSR count). The normalized spacial score (nSPS) is 14.4. The van der Waals surface area contributed by atoms with Crippen molar-refractivity contribution in [1.29, 1.82) is 0 Å². The number of unbranched alkanes of at least 4 members (excludes halogenated alkanes) is 3. The summed E-state index contributed by atoms with van der Waals surface area (Å²) in [4.78, 5) is 23.9. The van der Waals surface area contributed by atoms with Crippen LogP contribution in [0.25, 0.3) is 0 Å². The number of hydrogen-bond donors (Lipinski definition) is 1. The van der Waals surface area contributed by atoms with Gasteiger partial charge in [0, 0.05) is 0 Å². The van der Waals surface area contributed by atoms with Gasteiger partial charge in [-0.25, -0.2) is 4.79 Å². The molecule has 134 valence electrons. The summed E-state index contributed by atoms with van der Waals surface area (Å²) in [5.41, 5.74) is 0. The van der Waals surface area contributed by atoms with E-state index in [2.05, 4.69) is 4.74 Å². The minimum atomic E-state index is -4.85. The maximum absolute atomic E-state index is 12.0. The Morgan fingerprint density at radius 1 is 1.17 bits per heavy atom. The van der Waals surface area contributed by atoms with Crippen LogP contribution in [-0.2, 0) is 29.2 Å². The summed E-state index contributed by atoms with van der Waals surface area (Å²) in [6, 6.07) is 0. The van der Waals surface area contributed by atoms with Crippen molar-refractivity contribution < 1.29 is 32.0 Å². The van der Waals surface area contributed by atoms with Crippen molar-refractivity contribution in [1.82, 2.24) is 0 Å². The molecule has 0 spiro atoms. The first-order valence-electron chi connectivity index (χ1n) is 7.70. The summed E-state index contributed by atoms with van der Waals surface area (Å²) in [7, 11) is -4.85. The van der Waals surface area contributed by atoms with Crippen molar-refractivity contribution in [3.05, 3.63) is 12.3 Å². The van der Waals surface area contributed by atoms with Gasteiger partial charge in [0.15, 0.2) is 0 Å². The molecular weight excluding hydrogens is 324 g/mol. The highest BCUT2D eigenvalue weighted by Gasteiger charge is 2.52. The smallest absolute Gasteiger partial charge is 0.335 e. The average Bonchev–Trinajstić information content (AvgIpc) is 2.48. The molecule has 0 aromatic carbocycles. The van der Waals surface area contributed by atoms with Crippen LogP contribution in [0.2, 0.25) is 0 Å². The molecule has 0 aliphatic heterocycles. The highest BCUT2D eigenvalue weighted by Crippen LogP contribution is 2.28. The van der Waals surface area contributed by atoms with Crippen LogP contribution in [0.3, 0.4) is 0 Å². The lowest BCUT2D eigenvalue weighted by molar-refractivity contribution is -0.151. The zero-order valence-electron chi connectivity index (χ0n) is 13.9. The topological polar surface area (TPSA) is 107 Å². The molecule has 0 aromatic rings. The Bertz CT molecular complexity index is 510. The van der Waals surface area contributed by atoms with Gasteiger partial charge in [-0.2, -0.15) is 8.42 Å². The van der Waals surface area contributed by atoms with E-state index in [4.69, 9.17) is 4.74 Å². The van der Waals surface area contributed by atoms with Crippen LogP contribution in [0, 0.1) is 0 Å². The maximum Gasteiger partial charge on any atom is 0.335 e. The van der Waals surface area contributed by atoms with Crippen molar-refractivity contribution in [2.24, 2.45) is 0 Å². The van der Waals surface area contributed by atoms with Crippen LogP contribution in [0.1, 0.15) is 59.3 Å². The summed E-state index contributed by atoms with van der Waals surface area (Å²) in [5, 5.41) is 0. The first kappa shape index (κ1) is 21.6. The molecule has 0 aliphatic rings. The van der Waals surface area contributed by atoms with Crippen molar-refractivity contribution in [2.45, 2.75) is 64.0 Å². The Morgan fingerprint density at radius 3 is 2.30 bits per heavy atom. The van der Waals surface area contributed by atoms with E-state index < -0.39 is 33.2 Å². The predicted octanol–water partition coefficient (Wildman–Crippen LogP) is 2.61. The van der Waals surface area contributed by atoms with E-state index in [-0.39, 0.29) is 13.0 Å². The molecule has 0 amide bonds. The van der Waals surface area contributed by atoms with Gasteiger partial charge in [-0.05, 0) is 19.8 Å². The Labute approximate surface area is 137 Å². The highest BCUT2D eigenvalue weighted by molar-refractivity contribution is 7.88. The van der Waals surface area contributed by atoms with E-state index in [0.717, 1.165) is 25.5 Å². The van der Waals surface area contributed by atoms with Gasteiger partial charge in [0.25, 0.3) is 10.1 Å². The van der Waals surface area contributed by atoms with Gasteiger partial charge in [-0.3, -0.25) is 9.35 Å². The maximum atomic E-state index is 12.0. The van der Waals surface area contributed by atoms with E-state index in [1.54, 1.807) is 6.92 Å². The summed E-state index contributed by atoms with van der Waals surface area (Å²) in [6.07, 6.45) is 4.88. The first-order chi connectivity index (χ1) is 10.7. The molecule has 1 N–H and O–H groups in total. The third-order valence-electron chi connectivity index (χ3n) is 3.44. The minimum Gasteiger partial charge on any atom is -0.466 e. The Hall–Kier alpha value is -1.41. The standard InChI is InChI=1S/C15H26O7S/c1-4-7-8-9-11-21-13(16)12-15(6-3,23(18,19)20)14(17)22-10-5-2/h5,10H,4,6-9,11-12H2,1-3H3,(H,18,19,20). The van der Waals surface area contributed by atoms with Gasteiger partial charge in [0.05, 0.1) is 19.3 Å². The van der Waals surface area contributed by atoms with Gasteiger partial charge < -0.3 is 9.47 Å². The lowest BCUT2D eigenvalue weighted by atomic mass is 10.0. The third kappa shape index (κ3) is 6.70. The molecule has 0 bridgehead atoms. The van der Waals surface area contributed by atoms with Gasteiger partial charge in [-0.15, -0.1) is 0 Å². The minimum absolute atomic E-state index is 0.147. The van der Waals surface area contributed by atoms with Crippen molar-refractivity contribution in [2.75, 3.05) is 6.61 Å². The molecule has 0 radical (unpaired) electrons. The molecule has 0 fully saturated rings. The summed E-state index contributed by atoms with van der Waals surface area (Å²) in [6.45, 7) is 5.14. The summed E-state index contributed by atoms with van der Waals surface area (Å²) >= 11 is 0. The highest BCUT2D eigenvalue weighted by atomic mass is 32.2. The summed E-state index contributed by atoms with van der Waals surface area (Å²) < 4.78 is 40.0. The van der Waals surface area contributed by atoms with E-state index in [1.807, 2.05) is 6.92 Å². The van der Waals surface area contributed by atoms with E-state index in [0.29, 0.717) is 6.42 Å². The lowest BCUT2D eigenvalue weighted by Crippen LogP contribution is -2.48. The lowest BCUT2D eigenvalue weighted by Gasteiger charge is -2.25. The van der Waals surface area contributed by atoms with Crippen molar-refractivity contribution >= 4 is 22.1 Å². The van der Waals surface area contributed by atoms with Crippen LogP contribution < -0.4 is 0 Å². The van der Waals surface area contributed by atoms with Gasteiger partial charge in [0.1, 0.15) is 0 Å². The molecule has 1 atom stereocenters. The molecule has 0 saturated heterocycles. The van der Waals surface area contributed by atoms with Crippen molar-refractivity contribution in [3.8, 4) is 0 Å². The summed E-state index contributed by atoms with van der Waals surface area (Å²) in [5.74, 6) is -2.07. The number of esters is 2. The third-order valence-corrected chi connectivity index (χ3v) is 5.03. The van der Waals surface area contributed by atoms with Gasteiger partial charge in [0.2, 0.25) is 4.75 Å². The van der Waals surface area contributed by atoms with E-state index in [1.165, 1.54) is 13.0 Å². The first-order valence-corrected chi connectivity index (χ1v) is 9.14. The van der Waals surface area contributed by atoms with E-state index >= 15 is 0 Å². The monoisotopic (exact) mass is 350 g/mol. The second-order valence-corrected chi connectivity index (χ2v) is 6.89. The predicted molar refractivity (Wildman–Crippen MR) is 85.2 cm³/mol. The van der Waals surface area contributed by atoms with Crippen LogP contribution in [0.4, 0.5) is 0 Å². The molecule has 0 aromatic heterocycles. The molecule has 0 saturated carbocycles. The Kier molecular flexibility index (Phi) is 9.74.